The molecule has 0 radical (unpaired) electrons. The number of hydrogen-bond donors (Lipinski definition) is 2. The summed E-state index contributed by atoms with van der Waals surface area (Å²) in [6, 6.07) is 8.13. The Kier molecular flexibility index (Phi) is 9.05. The van der Waals surface area contributed by atoms with Crippen LogP contribution in [0.25, 0.3) is 0 Å². The Morgan fingerprint density at radius 3 is 2.46 bits per heavy atom. The van der Waals surface area contributed by atoms with Crippen molar-refractivity contribution in [1.82, 2.24) is 15.6 Å². The van der Waals surface area contributed by atoms with Gasteiger partial charge in [-0.15, -0.1) is 35.3 Å². The van der Waals surface area contributed by atoms with E-state index in [2.05, 4.69) is 32.7 Å². The van der Waals surface area contributed by atoms with Crippen molar-refractivity contribution < 1.29 is 4.74 Å². The number of methoxy groups -OCH3 is 1. The molecule has 0 aliphatic carbocycles. The van der Waals surface area contributed by atoms with Crippen molar-refractivity contribution in [1.29, 1.82) is 0 Å². The van der Waals surface area contributed by atoms with Gasteiger partial charge in [0.1, 0.15) is 5.75 Å². The highest BCUT2D eigenvalue weighted by molar-refractivity contribution is 14.0. The average Bonchev–Trinajstić information content (AvgIpc) is 2.89. The van der Waals surface area contributed by atoms with E-state index < -0.39 is 0 Å². The fourth-order valence-corrected chi connectivity index (χ4v) is 3.12. The van der Waals surface area contributed by atoms with E-state index in [0.717, 1.165) is 41.9 Å². The Labute approximate surface area is 165 Å². The number of nitrogens with zero attached hydrogens (tertiary/aromatic N) is 2. The standard InChI is InChI=1S/C17H24N4OS.HI/c1-12-16(23-13(2)21-12)11-20-17(18-3)19-10-9-14-5-7-15(22-4)8-6-14;/h5-8H,9-11H2,1-4H3,(H2,18,19,20);1H. The third-order valence-electron chi connectivity index (χ3n) is 3.50. The molecule has 1 aromatic heterocycles. The summed E-state index contributed by atoms with van der Waals surface area (Å²) in [6.45, 7) is 5.65. The lowest BCUT2D eigenvalue weighted by atomic mass is 10.1. The Morgan fingerprint density at radius 1 is 1.21 bits per heavy atom. The van der Waals surface area contributed by atoms with Gasteiger partial charge in [-0.3, -0.25) is 4.99 Å². The molecule has 0 amide bonds. The van der Waals surface area contributed by atoms with Crippen LogP contribution < -0.4 is 15.4 Å². The SMILES string of the molecule is CN=C(NCCc1ccc(OC)cc1)NCc1sc(C)nc1C.I. The molecule has 24 heavy (non-hydrogen) atoms. The molecule has 0 saturated heterocycles. The maximum atomic E-state index is 5.17. The van der Waals surface area contributed by atoms with Crippen molar-refractivity contribution in [2.75, 3.05) is 20.7 Å². The van der Waals surface area contributed by atoms with Crippen LogP contribution in [0.2, 0.25) is 0 Å². The molecule has 0 aliphatic rings. The van der Waals surface area contributed by atoms with Crippen molar-refractivity contribution in [3.05, 3.63) is 45.4 Å². The summed E-state index contributed by atoms with van der Waals surface area (Å²) in [5.41, 5.74) is 2.36. The Hall–Kier alpha value is -1.35. The highest BCUT2D eigenvalue weighted by Gasteiger charge is 2.05. The van der Waals surface area contributed by atoms with Gasteiger partial charge in [-0.25, -0.2) is 4.98 Å². The van der Waals surface area contributed by atoms with Gasteiger partial charge in [0.2, 0.25) is 0 Å². The molecule has 1 aromatic carbocycles. The van der Waals surface area contributed by atoms with Crippen molar-refractivity contribution in [3.63, 3.8) is 0 Å². The number of thiazole rings is 1. The number of hydrogen-bond acceptors (Lipinski definition) is 4. The van der Waals surface area contributed by atoms with Crippen LogP contribution in [0.4, 0.5) is 0 Å². The van der Waals surface area contributed by atoms with E-state index >= 15 is 0 Å². The summed E-state index contributed by atoms with van der Waals surface area (Å²) in [4.78, 5) is 9.95. The second-order valence-corrected chi connectivity index (χ2v) is 6.48. The third kappa shape index (κ3) is 6.27. The normalized spacial score (nSPS) is 10.9. The first-order valence-electron chi connectivity index (χ1n) is 7.62. The molecule has 2 rings (SSSR count). The van der Waals surface area contributed by atoms with Crippen LogP contribution in [0.3, 0.4) is 0 Å². The summed E-state index contributed by atoms with van der Waals surface area (Å²) < 4.78 is 5.17. The molecule has 0 atom stereocenters. The molecular weight excluding hydrogens is 435 g/mol. The first-order valence-corrected chi connectivity index (χ1v) is 8.44. The average molecular weight is 460 g/mol. The topological polar surface area (TPSA) is 58.5 Å². The van der Waals surface area contributed by atoms with Gasteiger partial charge in [0.15, 0.2) is 5.96 Å². The van der Waals surface area contributed by atoms with Crippen molar-refractivity contribution in [2.45, 2.75) is 26.8 Å². The predicted molar refractivity (Wildman–Crippen MR) is 112 cm³/mol. The summed E-state index contributed by atoms with van der Waals surface area (Å²) in [7, 11) is 3.46. The molecule has 0 bridgehead atoms. The predicted octanol–water partition coefficient (Wildman–Crippen LogP) is 3.29. The minimum absolute atomic E-state index is 0. The monoisotopic (exact) mass is 460 g/mol. The first-order chi connectivity index (χ1) is 11.1. The minimum Gasteiger partial charge on any atom is -0.497 e. The van der Waals surface area contributed by atoms with E-state index in [-0.39, 0.29) is 24.0 Å². The minimum atomic E-state index is 0. The number of guanidine groups is 1. The van der Waals surface area contributed by atoms with Crippen molar-refractivity contribution in [3.8, 4) is 5.75 Å². The molecule has 0 fully saturated rings. The van der Waals surface area contributed by atoms with Crippen LogP contribution >= 0.6 is 35.3 Å². The number of halogens is 1. The first kappa shape index (κ1) is 20.7. The van der Waals surface area contributed by atoms with Gasteiger partial charge in [-0.2, -0.15) is 0 Å². The number of ether oxygens (including phenoxy) is 1. The summed E-state index contributed by atoms with van der Waals surface area (Å²) in [6.07, 6.45) is 0.934. The third-order valence-corrected chi connectivity index (χ3v) is 4.58. The van der Waals surface area contributed by atoms with E-state index in [4.69, 9.17) is 4.74 Å². The molecule has 7 heteroatoms. The highest BCUT2D eigenvalue weighted by atomic mass is 127. The number of rotatable bonds is 6. The van der Waals surface area contributed by atoms with E-state index in [1.807, 2.05) is 26.0 Å². The molecular formula is C17H25IN4OS. The molecule has 1 heterocycles. The second-order valence-electron chi connectivity index (χ2n) is 5.19. The maximum Gasteiger partial charge on any atom is 0.191 e. The van der Waals surface area contributed by atoms with E-state index in [1.165, 1.54) is 10.4 Å². The van der Waals surface area contributed by atoms with Crippen LogP contribution in [-0.2, 0) is 13.0 Å². The van der Waals surface area contributed by atoms with Gasteiger partial charge in [-0.1, -0.05) is 12.1 Å². The van der Waals surface area contributed by atoms with E-state index in [9.17, 15) is 0 Å². The van der Waals surface area contributed by atoms with Gasteiger partial charge in [-0.05, 0) is 38.0 Å². The smallest absolute Gasteiger partial charge is 0.191 e. The lowest BCUT2D eigenvalue weighted by molar-refractivity contribution is 0.414. The zero-order chi connectivity index (χ0) is 16.7. The summed E-state index contributed by atoms with van der Waals surface area (Å²) in [5, 5.41) is 7.77. The largest absolute Gasteiger partial charge is 0.497 e. The van der Waals surface area contributed by atoms with Crippen LogP contribution in [-0.4, -0.2) is 31.6 Å². The van der Waals surface area contributed by atoms with Gasteiger partial charge in [0, 0.05) is 18.5 Å². The molecule has 0 spiro atoms. The number of nitrogens with one attached hydrogen (secondary N) is 2. The molecule has 5 nitrogen and oxygen atoms in total. The lowest BCUT2D eigenvalue weighted by Crippen LogP contribution is -2.37. The van der Waals surface area contributed by atoms with Gasteiger partial charge in [0.05, 0.1) is 24.4 Å². The highest BCUT2D eigenvalue weighted by Crippen LogP contribution is 2.16. The summed E-state index contributed by atoms with van der Waals surface area (Å²) >= 11 is 1.72. The van der Waals surface area contributed by atoms with E-state index in [0.29, 0.717) is 0 Å². The number of aliphatic imine (C=N–C) groups is 1. The Morgan fingerprint density at radius 2 is 1.92 bits per heavy atom. The zero-order valence-corrected chi connectivity index (χ0v) is 17.7. The lowest BCUT2D eigenvalue weighted by Gasteiger charge is -2.11. The van der Waals surface area contributed by atoms with Gasteiger partial charge >= 0.3 is 0 Å². The van der Waals surface area contributed by atoms with Crippen LogP contribution in [0.5, 0.6) is 5.75 Å². The fraction of sp³-hybridized carbons (Fsp3) is 0.412. The van der Waals surface area contributed by atoms with E-state index in [1.54, 1.807) is 25.5 Å². The maximum absolute atomic E-state index is 5.17. The van der Waals surface area contributed by atoms with Crippen molar-refractivity contribution in [2.24, 2.45) is 4.99 Å². The van der Waals surface area contributed by atoms with Crippen LogP contribution in [0.1, 0.15) is 21.1 Å². The molecule has 2 aromatic rings. The molecule has 0 saturated carbocycles. The number of benzene rings is 1. The second kappa shape index (κ2) is 10.5. The van der Waals surface area contributed by atoms with Crippen LogP contribution in [0, 0.1) is 13.8 Å². The summed E-state index contributed by atoms with van der Waals surface area (Å²) in [5.74, 6) is 1.69. The molecule has 132 valence electrons. The number of aryl methyl sites for hydroxylation is 2. The molecule has 0 unspecified atom stereocenters. The Balaban J connectivity index is 0.00000288. The number of aromatic nitrogens is 1. The molecule has 2 N–H and O–H groups in total. The van der Waals surface area contributed by atoms with Gasteiger partial charge < -0.3 is 15.4 Å². The fourth-order valence-electron chi connectivity index (χ4n) is 2.24. The quantitative estimate of drug-likeness (QED) is 0.395. The van der Waals surface area contributed by atoms with Crippen LogP contribution in [0.15, 0.2) is 29.3 Å². The Bertz CT molecular complexity index is 655. The zero-order valence-electron chi connectivity index (χ0n) is 14.5. The van der Waals surface area contributed by atoms with Gasteiger partial charge in [0.25, 0.3) is 0 Å². The molecule has 0 aliphatic heterocycles. The van der Waals surface area contributed by atoms with Crippen molar-refractivity contribution >= 4 is 41.3 Å².